The molecule has 3 amide bonds. The van der Waals surface area contributed by atoms with Crippen LogP contribution >= 0.6 is 35.2 Å². The van der Waals surface area contributed by atoms with Crippen molar-refractivity contribution in [2.24, 2.45) is 11.1 Å². The summed E-state index contributed by atoms with van der Waals surface area (Å²) in [5, 5.41) is 28.2. The number of aliphatic hydroxyl groups excluding tert-OH is 2. The summed E-state index contributed by atoms with van der Waals surface area (Å²) in [6, 6.07) is -0.773. The normalized spacial score (nSPS) is 21.9. The number of aliphatic hydroxyl groups is 2. The third kappa shape index (κ3) is 15.0. The van der Waals surface area contributed by atoms with Gasteiger partial charge >= 0.3 is 23.5 Å². The van der Waals surface area contributed by atoms with Crippen LogP contribution in [-0.2, 0) is 55.5 Å². The highest BCUT2D eigenvalue weighted by Gasteiger charge is 2.50. The van der Waals surface area contributed by atoms with E-state index >= 15 is 0 Å². The molecule has 8 atom stereocenters. The zero-order valence-corrected chi connectivity index (χ0v) is 33.8. The Morgan fingerprint density at radius 2 is 1.68 bits per heavy atom. The molecule has 1 aliphatic heterocycles. The average molecular weight is 896 g/mol. The Hall–Kier alpha value is -3.01. The van der Waals surface area contributed by atoms with Gasteiger partial charge in [-0.3, -0.25) is 37.3 Å². The number of nitrogen functional groups attached to an aromatic ring is 1. The van der Waals surface area contributed by atoms with Gasteiger partial charge in [0.15, 0.2) is 17.7 Å². The predicted molar refractivity (Wildman–Crippen MR) is 194 cm³/mol. The highest BCUT2D eigenvalue weighted by Crippen LogP contribution is 2.61. The first-order valence-electron chi connectivity index (χ1n) is 16.4. The Kier molecular flexibility index (Phi) is 17.2. The Labute approximate surface area is 327 Å². The van der Waals surface area contributed by atoms with Gasteiger partial charge in [-0.1, -0.05) is 25.6 Å². The number of hydrogen-bond acceptors (Lipinski definition) is 20. The monoisotopic (exact) mass is 895 g/mol. The molecule has 322 valence electrons. The molecule has 0 aliphatic carbocycles. The van der Waals surface area contributed by atoms with E-state index in [2.05, 4.69) is 39.7 Å². The third-order valence-corrected chi connectivity index (χ3v) is 11.6. The molecule has 13 N–H and O–H groups in total. The van der Waals surface area contributed by atoms with Gasteiger partial charge in [0.1, 0.15) is 36.3 Å². The number of carbonyl (C=O) groups excluding carboxylic acids is 4. The zero-order chi connectivity index (χ0) is 42.9. The minimum atomic E-state index is -5.59. The Bertz CT molecular complexity index is 1900. The van der Waals surface area contributed by atoms with E-state index in [0.717, 1.165) is 29.0 Å². The molecule has 0 aromatic carbocycles. The summed E-state index contributed by atoms with van der Waals surface area (Å²) in [5.41, 5.74) is 9.59. The Morgan fingerprint density at radius 1 is 1.02 bits per heavy atom. The van der Waals surface area contributed by atoms with Crippen LogP contribution in [-0.4, -0.2) is 141 Å². The van der Waals surface area contributed by atoms with Crippen LogP contribution < -0.4 is 27.4 Å². The highest BCUT2D eigenvalue weighted by atomic mass is 32.2. The maximum Gasteiger partial charge on any atom is 0.481 e. The summed E-state index contributed by atoms with van der Waals surface area (Å²) in [6.07, 6.45) is -7.07. The molecule has 31 heteroatoms. The summed E-state index contributed by atoms with van der Waals surface area (Å²) in [4.78, 5) is 98.7. The molecular weight excluding hydrogens is 851 g/mol. The number of anilines is 1. The lowest BCUT2D eigenvalue weighted by Gasteiger charge is -2.30. The van der Waals surface area contributed by atoms with Crippen molar-refractivity contribution >= 4 is 75.0 Å². The lowest BCUT2D eigenvalue weighted by Crippen LogP contribution is -2.46. The fourth-order valence-electron chi connectivity index (χ4n) is 4.67. The maximum absolute atomic E-state index is 12.7. The van der Waals surface area contributed by atoms with Crippen LogP contribution in [0.15, 0.2) is 12.7 Å². The standard InChI is InChI=1S/C26H44N9O18P3S/c1-13(27)23(40)31-8-16(37)57-7-6-29-15(36)4-5-30-24(41)20(39)26(2,3)10-50-56(47,48)53-55(45,46)49-9-14-19(52-54(42,43)44)18(38)25(51-14)35-12-34-17-21(28)32-11-33-22(17)35/h11-14,18-20,25,38-39H,4-10,27H2,1-3H3,(H,29,36)(H,30,41)(H,31,40)(H,45,46)(H,47,48)(H2,28,32,33)(H2,42,43,44)/t13-,14+,18+,19+,20-,25+/m0/s1. The number of hydrogen-bond donors (Lipinski definition) is 11. The van der Waals surface area contributed by atoms with Gasteiger partial charge in [0.05, 0.1) is 32.1 Å². The molecule has 0 radical (unpaired) electrons. The van der Waals surface area contributed by atoms with Crippen molar-refractivity contribution in [3.8, 4) is 0 Å². The molecular formula is C26H44N9O18P3S. The number of nitrogens with one attached hydrogen (secondary N) is 3. The Balaban J connectivity index is 1.47. The summed E-state index contributed by atoms with van der Waals surface area (Å²) < 4.78 is 62.0. The van der Waals surface area contributed by atoms with Gasteiger partial charge in [-0.05, 0) is 6.92 Å². The summed E-state index contributed by atoms with van der Waals surface area (Å²) >= 11 is 0.868. The summed E-state index contributed by atoms with van der Waals surface area (Å²) in [7, 11) is -16.4. The smallest absolute Gasteiger partial charge is 0.386 e. The molecule has 2 unspecified atom stereocenters. The van der Waals surface area contributed by atoms with E-state index in [0.29, 0.717) is 0 Å². The van der Waals surface area contributed by atoms with Gasteiger partial charge < -0.3 is 61.9 Å². The first-order chi connectivity index (χ1) is 26.3. The number of phosphoric ester groups is 3. The molecule has 2 aromatic rings. The molecule has 1 aliphatic rings. The molecule has 3 rings (SSSR count). The lowest BCUT2D eigenvalue weighted by molar-refractivity contribution is -0.137. The predicted octanol–water partition coefficient (Wildman–Crippen LogP) is -2.87. The van der Waals surface area contributed by atoms with Crippen LogP contribution in [0.4, 0.5) is 5.82 Å². The van der Waals surface area contributed by atoms with Crippen molar-refractivity contribution in [1.82, 2.24) is 35.5 Å². The van der Waals surface area contributed by atoms with Crippen LogP contribution in [0.2, 0.25) is 0 Å². The number of aromatic nitrogens is 4. The number of imidazole rings is 1. The van der Waals surface area contributed by atoms with Gasteiger partial charge in [-0.25, -0.2) is 28.6 Å². The van der Waals surface area contributed by atoms with Gasteiger partial charge in [-0.2, -0.15) is 4.31 Å². The van der Waals surface area contributed by atoms with Crippen molar-refractivity contribution in [1.29, 1.82) is 0 Å². The van der Waals surface area contributed by atoms with E-state index in [1.54, 1.807) is 0 Å². The molecule has 1 fully saturated rings. The number of thioether (sulfide) groups is 1. The lowest BCUT2D eigenvalue weighted by atomic mass is 9.87. The number of amides is 3. The second-order valence-electron chi connectivity index (χ2n) is 12.8. The van der Waals surface area contributed by atoms with Gasteiger partial charge in [0.25, 0.3) is 0 Å². The number of ether oxygens (including phenoxy) is 1. The third-order valence-electron chi connectivity index (χ3n) is 7.59. The van der Waals surface area contributed by atoms with Crippen LogP contribution in [0.1, 0.15) is 33.4 Å². The van der Waals surface area contributed by atoms with E-state index in [-0.39, 0.29) is 53.9 Å². The second kappa shape index (κ2) is 20.3. The van der Waals surface area contributed by atoms with Crippen molar-refractivity contribution < 1.29 is 85.3 Å². The fraction of sp³-hybridized carbons (Fsp3) is 0.654. The topological polar surface area (TPSA) is 419 Å². The number of carbonyl (C=O) groups is 4. The van der Waals surface area contributed by atoms with Crippen LogP contribution in [0.25, 0.3) is 11.2 Å². The molecule has 27 nitrogen and oxygen atoms in total. The van der Waals surface area contributed by atoms with Gasteiger partial charge in [-0.15, -0.1) is 0 Å². The average Bonchev–Trinajstić information content (AvgIpc) is 3.66. The summed E-state index contributed by atoms with van der Waals surface area (Å²) in [6.45, 7) is 1.46. The highest BCUT2D eigenvalue weighted by molar-refractivity contribution is 8.13. The molecule has 0 bridgehead atoms. The van der Waals surface area contributed by atoms with Crippen molar-refractivity contribution in [3.63, 3.8) is 0 Å². The first kappa shape index (κ1) is 48.4. The van der Waals surface area contributed by atoms with Crippen molar-refractivity contribution in [3.05, 3.63) is 12.7 Å². The number of nitrogens with zero attached hydrogens (tertiary/aromatic N) is 4. The molecule has 2 aromatic heterocycles. The minimum Gasteiger partial charge on any atom is -0.386 e. The number of rotatable bonds is 22. The fourth-order valence-corrected chi connectivity index (χ4v) is 8.10. The SMILES string of the molecule is C[C@H](N)C(=O)NCC(=O)SCCNC(=O)CCNC(=O)[C@H](O)C(C)(C)COP(=O)(O)OP(=O)(O)OC[C@H]1O[C@@H](n2cnc3c(N)ncnc32)[C@H](O)[C@@H]1OP(=O)(O)O. The van der Waals surface area contributed by atoms with Gasteiger partial charge in [0, 0.05) is 30.7 Å². The van der Waals surface area contributed by atoms with Gasteiger partial charge in [0.2, 0.25) is 22.8 Å². The van der Waals surface area contributed by atoms with Crippen LogP contribution in [0, 0.1) is 5.41 Å². The van der Waals surface area contributed by atoms with E-state index < -0.39 is 96.5 Å². The van der Waals surface area contributed by atoms with E-state index in [4.69, 9.17) is 25.3 Å². The number of phosphoric acid groups is 3. The first-order valence-corrected chi connectivity index (χ1v) is 21.9. The number of nitrogens with two attached hydrogens (primary N) is 2. The van der Waals surface area contributed by atoms with Crippen molar-refractivity contribution in [2.75, 3.05) is 44.3 Å². The van der Waals surface area contributed by atoms with E-state index in [9.17, 15) is 62.7 Å². The van der Waals surface area contributed by atoms with E-state index in [1.807, 2.05) is 0 Å². The zero-order valence-electron chi connectivity index (χ0n) is 30.3. The molecule has 0 saturated carbocycles. The molecule has 57 heavy (non-hydrogen) atoms. The maximum atomic E-state index is 12.7. The van der Waals surface area contributed by atoms with Crippen LogP contribution in [0.5, 0.6) is 0 Å². The van der Waals surface area contributed by atoms with Crippen LogP contribution in [0.3, 0.4) is 0 Å². The van der Waals surface area contributed by atoms with E-state index in [1.165, 1.54) is 20.8 Å². The van der Waals surface area contributed by atoms with Crippen molar-refractivity contribution in [2.45, 2.75) is 63.9 Å². The largest absolute Gasteiger partial charge is 0.481 e. The quantitative estimate of drug-likeness (QED) is 0.0418. The summed E-state index contributed by atoms with van der Waals surface area (Å²) in [5.74, 6) is -1.87. The molecule has 3 heterocycles. The Morgan fingerprint density at radius 3 is 2.33 bits per heavy atom. The molecule has 1 saturated heterocycles. The number of fused-ring (bicyclic) bond motifs is 1. The molecule has 0 spiro atoms. The second-order valence-corrected chi connectivity index (χ2v) is 18.2. The minimum absolute atomic E-state index is 0.0210.